The lowest BCUT2D eigenvalue weighted by atomic mass is 10.2. The number of benzene rings is 2. The van der Waals surface area contributed by atoms with Crippen LogP contribution in [-0.4, -0.2) is 11.6 Å². The van der Waals surface area contributed by atoms with Gasteiger partial charge in [0.25, 0.3) is 0 Å². The van der Waals surface area contributed by atoms with Gasteiger partial charge < -0.3 is 14.5 Å². The van der Waals surface area contributed by atoms with Crippen LogP contribution in [0.15, 0.2) is 59.0 Å². The number of ether oxygens (including phenoxy) is 1. The third-order valence-corrected chi connectivity index (χ3v) is 3.65. The monoisotopic (exact) mass is 345 g/mol. The number of rotatable bonds is 7. The maximum atomic E-state index is 9.24. The molecule has 0 spiro atoms. The van der Waals surface area contributed by atoms with Gasteiger partial charge in [0.2, 0.25) is 17.5 Å². The van der Waals surface area contributed by atoms with Crippen molar-refractivity contribution in [2.24, 2.45) is 0 Å². The molecule has 0 radical (unpaired) electrons. The van der Waals surface area contributed by atoms with Crippen molar-refractivity contribution in [1.29, 1.82) is 5.26 Å². The standard InChI is InChI=1S/C21H19N3O2/c1-2-25-18-11-8-16(9-12-18)10-13-20-24-19(14-22)21(26-20)23-15-17-6-4-3-5-7-17/h3-13,23H,2,15H2,1H3/b13-10+. The first-order valence-electron chi connectivity index (χ1n) is 8.38. The third-order valence-electron chi connectivity index (χ3n) is 3.65. The van der Waals surface area contributed by atoms with E-state index in [2.05, 4.69) is 16.4 Å². The minimum Gasteiger partial charge on any atom is -0.494 e. The van der Waals surface area contributed by atoms with E-state index in [0.717, 1.165) is 16.9 Å². The Morgan fingerprint density at radius 3 is 2.58 bits per heavy atom. The number of hydrogen-bond acceptors (Lipinski definition) is 5. The fourth-order valence-electron chi connectivity index (χ4n) is 2.39. The molecule has 0 amide bonds. The first kappa shape index (κ1) is 17.3. The highest BCUT2D eigenvalue weighted by molar-refractivity contribution is 5.67. The topological polar surface area (TPSA) is 71.1 Å². The van der Waals surface area contributed by atoms with Gasteiger partial charge in [0, 0.05) is 12.6 Å². The highest BCUT2D eigenvalue weighted by Gasteiger charge is 2.11. The van der Waals surface area contributed by atoms with Crippen LogP contribution in [0, 0.1) is 11.3 Å². The Bertz CT molecular complexity index is 907. The number of oxazole rings is 1. The molecule has 3 aromatic rings. The van der Waals surface area contributed by atoms with Gasteiger partial charge in [0.15, 0.2) is 0 Å². The summed E-state index contributed by atoms with van der Waals surface area (Å²) in [5.74, 6) is 1.59. The summed E-state index contributed by atoms with van der Waals surface area (Å²) in [5, 5.41) is 12.4. The van der Waals surface area contributed by atoms with E-state index in [0.29, 0.717) is 24.9 Å². The highest BCUT2D eigenvalue weighted by atomic mass is 16.5. The Morgan fingerprint density at radius 1 is 1.12 bits per heavy atom. The van der Waals surface area contributed by atoms with E-state index in [1.807, 2.05) is 67.6 Å². The molecule has 0 aliphatic carbocycles. The number of nitriles is 1. The summed E-state index contributed by atoms with van der Waals surface area (Å²) in [6.45, 7) is 3.15. The number of nitrogens with one attached hydrogen (secondary N) is 1. The summed E-state index contributed by atoms with van der Waals surface area (Å²) in [5.41, 5.74) is 2.33. The van der Waals surface area contributed by atoms with Gasteiger partial charge in [-0.15, -0.1) is 0 Å². The van der Waals surface area contributed by atoms with Gasteiger partial charge in [-0.3, -0.25) is 0 Å². The number of hydrogen-bond donors (Lipinski definition) is 1. The van der Waals surface area contributed by atoms with Crippen molar-refractivity contribution in [2.45, 2.75) is 13.5 Å². The lowest BCUT2D eigenvalue weighted by molar-refractivity contribution is 0.340. The normalized spacial score (nSPS) is 10.6. The number of nitrogens with zero attached hydrogens (tertiary/aromatic N) is 2. The molecular formula is C21H19N3O2. The molecule has 0 bridgehead atoms. The molecule has 1 aromatic heterocycles. The Balaban J connectivity index is 1.68. The second-order valence-electron chi connectivity index (χ2n) is 5.52. The van der Waals surface area contributed by atoms with Gasteiger partial charge in [-0.2, -0.15) is 10.2 Å². The molecule has 26 heavy (non-hydrogen) atoms. The number of anilines is 1. The van der Waals surface area contributed by atoms with E-state index < -0.39 is 0 Å². The van der Waals surface area contributed by atoms with Gasteiger partial charge in [-0.1, -0.05) is 42.5 Å². The number of aromatic nitrogens is 1. The van der Waals surface area contributed by atoms with Crippen LogP contribution in [0.25, 0.3) is 12.2 Å². The molecule has 0 fully saturated rings. The van der Waals surface area contributed by atoms with Gasteiger partial charge in [-0.25, -0.2) is 0 Å². The molecule has 2 aromatic carbocycles. The molecule has 0 saturated carbocycles. The molecular weight excluding hydrogens is 326 g/mol. The van der Waals surface area contributed by atoms with Crippen molar-refractivity contribution in [3.05, 3.63) is 77.3 Å². The second-order valence-corrected chi connectivity index (χ2v) is 5.52. The molecule has 1 N–H and O–H groups in total. The highest BCUT2D eigenvalue weighted by Crippen LogP contribution is 2.20. The predicted molar refractivity (Wildman–Crippen MR) is 102 cm³/mol. The molecule has 0 atom stereocenters. The summed E-state index contributed by atoms with van der Waals surface area (Å²) >= 11 is 0. The van der Waals surface area contributed by atoms with Crippen LogP contribution < -0.4 is 10.1 Å². The van der Waals surface area contributed by atoms with Crippen LogP contribution in [0.4, 0.5) is 5.88 Å². The van der Waals surface area contributed by atoms with E-state index in [-0.39, 0.29) is 5.69 Å². The second kappa shape index (κ2) is 8.54. The van der Waals surface area contributed by atoms with E-state index in [4.69, 9.17) is 9.15 Å². The Hall–Kier alpha value is -3.52. The quantitative estimate of drug-likeness (QED) is 0.670. The summed E-state index contributed by atoms with van der Waals surface area (Å²) in [7, 11) is 0. The van der Waals surface area contributed by atoms with Crippen molar-refractivity contribution in [1.82, 2.24) is 4.98 Å². The minimum atomic E-state index is 0.243. The van der Waals surface area contributed by atoms with Crippen LogP contribution in [0.5, 0.6) is 5.75 Å². The largest absolute Gasteiger partial charge is 0.494 e. The first-order valence-corrected chi connectivity index (χ1v) is 8.38. The fraction of sp³-hybridized carbons (Fsp3) is 0.143. The zero-order valence-electron chi connectivity index (χ0n) is 14.5. The molecule has 0 saturated heterocycles. The Morgan fingerprint density at radius 2 is 1.88 bits per heavy atom. The van der Waals surface area contributed by atoms with Crippen LogP contribution >= 0.6 is 0 Å². The smallest absolute Gasteiger partial charge is 0.232 e. The van der Waals surface area contributed by atoms with Crippen LogP contribution in [0.1, 0.15) is 29.6 Å². The van der Waals surface area contributed by atoms with Gasteiger partial charge in [0.05, 0.1) is 6.61 Å². The fourth-order valence-corrected chi connectivity index (χ4v) is 2.39. The van der Waals surface area contributed by atoms with E-state index in [1.165, 1.54) is 0 Å². The van der Waals surface area contributed by atoms with Crippen molar-refractivity contribution in [2.75, 3.05) is 11.9 Å². The average molecular weight is 345 g/mol. The molecule has 0 aliphatic heterocycles. The molecule has 3 rings (SSSR count). The summed E-state index contributed by atoms with van der Waals surface area (Å²) in [6.07, 6.45) is 3.62. The molecule has 1 heterocycles. The van der Waals surface area contributed by atoms with Gasteiger partial charge in [0.1, 0.15) is 11.8 Å². The van der Waals surface area contributed by atoms with Crippen molar-refractivity contribution in [3.8, 4) is 11.8 Å². The summed E-state index contributed by atoms with van der Waals surface area (Å²) < 4.78 is 11.1. The van der Waals surface area contributed by atoms with E-state index in [1.54, 1.807) is 6.08 Å². The lowest BCUT2D eigenvalue weighted by Gasteiger charge is -2.02. The third kappa shape index (κ3) is 4.52. The van der Waals surface area contributed by atoms with Crippen molar-refractivity contribution < 1.29 is 9.15 Å². The zero-order chi connectivity index (χ0) is 18.2. The Kier molecular flexibility index (Phi) is 5.69. The molecule has 0 aliphatic rings. The summed E-state index contributed by atoms with van der Waals surface area (Å²) in [4.78, 5) is 4.20. The maximum Gasteiger partial charge on any atom is 0.232 e. The minimum absolute atomic E-state index is 0.243. The SMILES string of the molecule is CCOc1ccc(/C=C/c2nc(C#N)c(NCc3ccccc3)o2)cc1. The van der Waals surface area contributed by atoms with Gasteiger partial charge in [-0.05, 0) is 36.3 Å². The molecule has 0 unspecified atom stereocenters. The summed E-state index contributed by atoms with van der Waals surface area (Å²) in [6, 6.07) is 19.7. The zero-order valence-corrected chi connectivity index (χ0v) is 14.5. The van der Waals surface area contributed by atoms with Crippen molar-refractivity contribution in [3.63, 3.8) is 0 Å². The molecule has 5 heteroatoms. The Labute approximate surface area is 152 Å². The predicted octanol–water partition coefficient (Wildman–Crippen LogP) is 4.73. The van der Waals surface area contributed by atoms with Crippen LogP contribution in [0.3, 0.4) is 0 Å². The van der Waals surface area contributed by atoms with Gasteiger partial charge >= 0.3 is 0 Å². The van der Waals surface area contributed by atoms with Crippen LogP contribution in [-0.2, 0) is 6.54 Å². The van der Waals surface area contributed by atoms with Crippen molar-refractivity contribution >= 4 is 18.0 Å². The first-order chi connectivity index (χ1) is 12.8. The molecule has 130 valence electrons. The maximum absolute atomic E-state index is 9.24. The van der Waals surface area contributed by atoms with E-state index >= 15 is 0 Å². The van der Waals surface area contributed by atoms with E-state index in [9.17, 15) is 5.26 Å². The van der Waals surface area contributed by atoms with Crippen LogP contribution in [0.2, 0.25) is 0 Å². The lowest BCUT2D eigenvalue weighted by Crippen LogP contribution is -1.99. The average Bonchev–Trinajstić information content (AvgIpc) is 3.09. The molecule has 5 nitrogen and oxygen atoms in total.